The van der Waals surface area contributed by atoms with Gasteiger partial charge in [0.25, 0.3) is 5.91 Å². The molecule has 0 aromatic heterocycles. The fourth-order valence-corrected chi connectivity index (χ4v) is 5.63. The third-order valence-corrected chi connectivity index (χ3v) is 8.62. The number of carbonyl (C=O) groups is 3. The number of rotatable bonds is 9. The van der Waals surface area contributed by atoms with Gasteiger partial charge in [-0.05, 0) is 42.8 Å². The maximum absolute atomic E-state index is 13.0. The van der Waals surface area contributed by atoms with Crippen molar-refractivity contribution in [2.24, 2.45) is 0 Å². The van der Waals surface area contributed by atoms with Crippen LogP contribution in [0.2, 0.25) is 25.1 Å². The van der Waals surface area contributed by atoms with Crippen LogP contribution in [0.15, 0.2) is 47.4 Å². The van der Waals surface area contributed by atoms with Crippen molar-refractivity contribution >= 4 is 98.9 Å². The number of hydrogen-bond acceptors (Lipinski definition) is 5. The molecular weight excluding hydrogens is 618 g/mol. The van der Waals surface area contributed by atoms with E-state index in [0.29, 0.717) is 33.5 Å². The third kappa shape index (κ3) is 6.81. The van der Waals surface area contributed by atoms with Crippen molar-refractivity contribution in [2.45, 2.75) is 23.5 Å². The molecule has 0 saturated carbocycles. The molecule has 1 atom stereocenters. The molecular formula is C25H19Cl5N2O5S. The molecule has 0 bridgehead atoms. The first-order valence-corrected chi connectivity index (χ1v) is 13.6. The van der Waals surface area contributed by atoms with E-state index in [4.69, 9.17) is 62.7 Å². The van der Waals surface area contributed by atoms with E-state index in [0.717, 1.165) is 0 Å². The number of thioether (sulfide) groups is 1. The van der Waals surface area contributed by atoms with E-state index in [9.17, 15) is 19.5 Å². The first kappa shape index (κ1) is 30.2. The molecule has 200 valence electrons. The summed E-state index contributed by atoms with van der Waals surface area (Å²) in [6, 6.07) is 11.6. The van der Waals surface area contributed by atoms with Crippen LogP contribution >= 0.6 is 69.8 Å². The summed E-state index contributed by atoms with van der Waals surface area (Å²) in [5.41, 5.74) is -0.157. The van der Waals surface area contributed by atoms with E-state index >= 15 is 0 Å². The molecule has 0 radical (unpaired) electrons. The summed E-state index contributed by atoms with van der Waals surface area (Å²) in [5, 5.41) is 13.7. The monoisotopic (exact) mass is 634 g/mol. The summed E-state index contributed by atoms with van der Waals surface area (Å²) in [6.07, 6.45) is 0.510. The average molecular weight is 637 g/mol. The highest BCUT2D eigenvalue weighted by Gasteiger charge is 2.29. The number of nitrogens with one attached hydrogen (secondary N) is 2. The Morgan fingerprint density at radius 1 is 0.895 bits per heavy atom. The lowest BCUT2D eigenvalue weighted by atomic mass is 10.1. The Kier molecular flexibility index (Phi) is 10.5. The lowest BCUT2D eigenvalue weighted by Gasteiger charge is -2.16. The number of carboxylic acids is 1. The number of amides is 2. The van der Waals surface area contributed by atoms with Crippen molar-refractivity contribution < 1.29 is 24.2 Å². The van der Waals surface area contributed by atoms with Crippen molar-refractivity contribution in [1.82, 2.24) is 0 Å². The highest BCUT2D eigenvalue weighted by molar-refractivity contribution is 8.00. The first-order valence-electron chi connectivity index (χ1n) is 10.8. The zero-order chi connectivity index (χ0) is 28.1. The summed E-state index contributed by atoms with van der Waals surface area (Å²) in [5.74, 6) is -2.10. The second-order valence-corrected chi connectivity index (χ2v) is 10.8. The van der Waals surface area contributed by atoms with Crippen LogP contribution in [0.3, 0.4) is 0 Å². The van der Waals surface area contributed by atoms with Gasteiger partial charge in [0.2, 0.25) is 5.91 Å². The molecule has 2 amide bonds. The number of ether oxygens (including phenoxy) is 1. The maximum Gasteiger partial charge on any atom is 0.338 e. The molecule has 0 spiro atoms. The number of halogens is 5. The van der Waals surface area contributed by atoms with E-state index < -0.39 is 33.3 Å². The van der Waals surface area contributed by atoms with Gasteiger partial charge in [-0.1, -0.05) is 71.0 Å². The zero-order valence-corrected chi connectivity index (χ0v) is 24.3. The molecule has 0 saturated heterocycles. The van der Waals surface area contributed by atoms with E-state index in [1.165, 1.54) is 18.9 Å². The highest BCUT2D eigenvalue weighted by Crippen LogP contribution is 2.42. The quantitative estimate of drug-likeness (QED) is 0.124. The molecule has 3 aromatic rings. The number of hydrogen-bond donors (Lipinski definition) is 3. The Hall–Kier alpha value is -2.33. The standard InChI is InChI=1S/C25H19Cl5N2O5S/c1-3-16(23(33)31-12-7-8-15(37-2)14(26)10-12)38-13-6-4-5-11(9-13)32-24(34)17-18(25(35)36)20(28)22(30)21(29)19(17)27/h4-10,16H,3H2,1-2H3,(H,31,33)(H,32,34)(H,35,36). The van der Waals surface area contributed by atoms with Crippen molar-refractivity contribution in [3.63, 3.8) is 0 Å². The van der Waals surface area contributed by atoms with Crippen molar-refractivity contribution in [3.8, 4) is 5.75 Å². The van der Waals surface area contributed by atoms with Crippen LogP contribution in [0.5, 0.6) is 5.75 Å². The van der Waals surface area contributed by atoms with Gasteiger partial charge in [0, 0.05) is 16.3 Å². The molecule has 3 N–H and O–H groups in total. The smallest absolute Gasteiger partial charge is 0.338 e. The summed E-state index contributed by atoms with van der Waals surface area (Å²) < 4.78 is 5.13. The second kappa shape index (κ2) is 13.2. The first-order chi connectivity index (χ1) is 18.0. The maximum atomic E-state index is 13.0. The normalized spacial score (nSPS) is 11.6. The van der Waals surface area contributed by atoms with Crippen molar-refractivity contribution in [3.05, 3.63) is 78.7 Å². The Morgan fingerprint density at radius 2 is 1.53 bits per heavy atom. The van der Waals surface area contributed by atoms with E-state index in [-0.39, 0.29) is 21.0 Å². The van der Waals surface area contributed by atoms with Gasteiger partial charge < -0.3 is 20.5 Å². The van der Waals surface area contributed by atoms with Crippen LogP contribution in [0.1, 0.15) is 34.1 Å². The molecule has 7 nitrogen and oxygen atoms in total. The zero-order valence-electron chi connectivity index (χ0n) is 19.7. The second-order valence-electron chi connectivity index (χ2n) is 7.65. The Morgan fingerprint density at radius 3 is 2.11 bits per heavy atom. The van der Waals surface area contributed by atoms with Gasteiger partial charge in [0.1, 0.15) is 5.75 Å². The molecule has 0 heterocycles. The molecule has 38 heavy (non-hydrogen) atoms. The molecule has 3 aromatic carbocycles. The summed E-state index contributed by atoms with van der Waals surface area (Å²) in [7, 11) is 1.50. The van der Waals surface area contributed by atoms with Crippen molar-refractivity contribution in [2.75, 3.05) is 17.7 Å². The van der Waals surface area contributed by atoms with Gasteiger partial charge in [0.15, 0.2) is 0 Å². The number of carbonyl (C=O) groups excluding carboxylic acids is 2. The van der Waals surface area contributed by atoms with E-state index in [1.807, 2.05) is 6.92 Å². The van der Waals surface area contributed by atoms with Gasteiger partial charge >= 0.3 is 5.97 Å². The molecule has 0 aliphatic heterocycles. The number of benzene rings is 3. The van der Waals surface area contributed by atoms with Crippen LogP contribution in [0.4, 0.5) is 11.4 Å². The predicted molar refractivity (Wildman–Crippen MR) is 154 cm³/mol. The number of aromatic carboxylic acids is 1. The number of anilines is 2. The van der Waals surface area contributed by atoms with Gasteiger partial charge in [-0.15, -0.1) is 11.8 Å². The van der Waals surface area contributed by atoms with Gasteiger partial charge in [-0.3, -0.25) is 9.59 Å². The third-order valence-electron chi connectivity index (χ3n) is 5.16. The summed E-state index contributed by atoms with van der Waals surface area (Å²) in [4.78, 5) is 38.4. The number of carboxylic acid groups (broad SMARTS) is 1. The summed E-state index contributed by atoms with van der Waals surface area (Å²) >= 11 is 31.6. The molecule has 0 fully saturated rings. The molecule has 0 aliphatic carbocycles. The highest BCUT2D eigenvalue weighted by atomic mass is 35.5. The number of methoxy groups -OCH3 is 1. The molecule has 0 aliphatic rings. The summed E-state index contributed by atoms with van der Waals surface area (Å²) in [6.45, 7) is 1.87. The minimum absolute atomic E-state index is 0.239. The molecule has 1 unspecified atom stereocenters. The van der Waals surface area contributed by atoms with Crippen molar-refractivity contribution in [1.29, 1.82) is 0 Å². The lowest BCUT2D eigenvalue weighted by molar-refractivity contribution is -0.115. The average Bonchev–Trinajstić information content (AvgIpc) is 2.87. The van der Waals surface area contributed by atoms with Crippen LogP contribution < -0.4 is 15.4 Å². The largest absolute Gasteiger partial charge is 0.495 e. The SMILES string of the molecule is CCC(Sc1cccc(NC(=O)c2c(Cl)c(Cl)c(Cl)c(Cl)c2C(=O)O)c1)C(=O)Nc1ccc(OC)c(Cl)c1. The lowest BCUT2D eigenvalue weighted by Crippen LogP contribution is -2.24. The minimum Gasteiger partial charge on any atom is -0.495 e. The minimum atomic E-state index is -1.50. The Labute approximate surface area is 247 Å². The van der Waals surface area contributed by atoms with Crippen LogP contribution in [0.25, 0.3) is 0 Å². The van der Waals surface area contributed by atoms with E-state index in [2.05, 4.69) is 10.6 Å². The Balaban J connectivity index is 1.80. The Bertz CT molecular complexity index is 1420. The van der Waals surface area contributed by atoms with Crippen LogP contribution in [-0.2, 0) is 4.79 Å². The topological polar surface area (TPSA) is 105 Å². The van der Waals surface area contributed by atoms with Crippen LogP contribution in [-0.4, -0.2) is 35.2 Å². The van der Waals surface area contributed by atoms with Gasteiger partial charge in [0.05, 0.1) is 48.6 Å². The van der Waals surface area contributed by atoms with Gasteiger partial charge in [-0.2, -0.15) is 0 Å². The van der Waals surface area contributed by atoms with Gasteiger partial charge in [-0.25, -0.2) is 4.79 Å². The fourth-order valence-electron chi connectivity index (χ4n) is 3.34. The molecule has 3 rings (SSSR count). The van der Waals surface area contributed by atoms with E-state index in [1.54, 1.807) is 42.5 Å². The fraction of sp³-hybridized carbons (Fsp3) is 0.160. The predicted octanol–water partition coefficient (Wildman–Crippen LogP) is 8.42. The van der Waals surface area contributed by atoms with Crippen LogP contribution in [0, 0.1) is 0 Å². The molecule has 13 heteroatoms.